The molecule has 1 fully saturated rings. The van der Waals surface area contributed by atoms with Gasteiger partial charge in [-0.25, -0.2) is 4.79 Å². The fourth-order valence-corrected chi connectivity index (χ4v) is 2.49. The molecule has 20 heavy (non-hydrogen) atoms. The van der Waals surface area contributed by atoms with Gasteiger partial charge in [0.05, 0.1) is 6.61 Å². The van der Waals surface area contributed by atoms with Crippen molar-refractivity contribution in [1.82, 2.24) is 4.90 Å². The molecule has 1 saturated heterocycles. The molecule has 1 amide bonds. The van der Waals surface area contributed by atoms with E-state index in [2.05, 4.69) is 0 Å². The molecule has 1 atom stereocenters. The number of benzene rings is 1. The van der Waals surface area contributed by atoms with Crippen LogP contribution in [0.4, 0.5) is 0 Å². The van der Waals surface area contributed by atoms with Gasteiger partial charge in [-0.1, -0.05) is 30.3 Å². The van der Waals surface area contributed by atoms with Crippen LogP contribution >= 0.6 is 0 Å². The quantitative estimate of drug-likeness (QED) is 0.889. The Balaban J connectivity index is 1.87. The van der Waals surface area contributed by atoms with E-state index in [9.17, 15) is 14.7 Å². The highest BCUT2D eigenvalue weighted by molar-refractivity contribution is 5.87. The third-order valence-electron chi connectivity index (χ3n) is 3.74. The number of rotatable bonds is 5. The summed E-state index contributed by atoms with van der Waals surface area (Å²) >= 11 is 0. The summed E-state index contributed by atoms with van der Waals surface area (Å²) in [5.41, 5.74) is -0.101. The lowest BCUT2D eigenvalue weighted by molar-refractivity contribution is -0.157. The molecule has 0 saturated carbocycles. The number of nitrogens with zero attached hydrogens (tertiary/aromatic N) is 1. The van der Waals surface area contributed by atoms with E-state index in [0.717, 1.165) is 5.56 Å². The van der Waals surface area contributed by atoms with E-state index in [1.807, 2.05) is 30.3 Å². The molecular formula is C15H19NO4. The highest BCUT2D eigenvalue weighted by Gasteiger charge is 2.45. The molecule has 2 rings (SSSR count). The number of carbonyl (C=O) groups excluding carboxylic acids is 1. The van der Waals surface area contributed by atoms with E-state index in [1.165, 1.54) is 4.90 Å². The molecule has 5 nitrogen and oxygen atoms in total. The van der Waals surface area contributed by atoms with Gasteiger partial charge in [-0.15, -0.1) is 0 Å². The molecule has 0 bridgehead atoms. The van der Waals surface area contributed by atoms with Gasteiger partial charge in [0.2, 0.25) is 5.91 Å². The number of carboxylic acids is 1. The third kappa shape index (κ3) is 2.99. The van der Waals surface area contributed by atoms with Crippen LogP contribution in [0, 0.1) is 0 Å². The van der Waals surface area contributed by atoms with Crippen LogP contribution in [0.15, 0.2) is 30.3 Å². The third-order valence-corrected chi connectivity index (χ3v) is 3.74. The molecule has 1 aliphatic heterocycles. The first-order valence-electron chi connectivity index (χ1n) is 6.69. The van der Waals surface area contributed by atoms with Gasteiger partial charge in [-0.3, -0.25) is 4.79 Å². The Morgan fingerprint density at radius 1 is 1.35 bits per heavy atom. The number of hydrogen-bond donors (Lipinski definition) is 1. The topological polar surface area (TPSA) is 66.8 Å². The Hall–Kier alpha value is -1.88. The average molecular weight is 277 g/mol. The number of aliphatic carboxylic acids is 1. The maximum Gasteiger partial charge on any atom is 0.329 e. The van der Waals surface area contributed by atoms with Crippen LogP contribution in [0.5, 0.6) is 0 Å². The Bertz CT molecular complexity index is 488. The van der Waals surface area contributed by atoms with E-state index in [1.54, 1.807) is 6.92 Å². The SMILES string of the molecule is CC1(C(=O)O)CCCN1C(=O)COCc1ccccc1. The van der Waals surface area contributed by atoms with Crippen molar-refractivity contribution in [3.05, 3.63) is 35.9 Å². The molecule has 5 heteroatoms. The summed E-state index contributed by atoms with van der Waals surface area (Å²) in [6, 6.07) is 9.56. The standard InChI is InChI=1S/C15H19NO4/c1-15(14(18)19)8-5-9-16(15)13(17)11-20-10-12-6-3-2-4-7-12/h2-4,6-7H,5,8-11H2,1H3,(H,18,19). The van der Waals surface area contributed by atoms with Crippen molar-refractivity contribution >= 4 is 11.9 Å². The van der Waals surface area contributed by atoms with Crippen molar-refractivity contribution in [2.24, 2.45) is 0 Å². The molecule has 1 N–H and O–H groups in total. The number of ether oxygens (including phenoxy) is 1. The fraction of sp³-hybridized carbons (Fsp3) is 0.467. The highest BCUT2D eigenvalue weighted by atomic mass is 16.5. The fourth-order valence-electron chi connectivity index (χ4n) is 2.49. The first-order valence-corrected chi connectivity index (χ1v) is 6.69. The van der Waals surface area contributed by atoms with Gasteiger partial charge < -0.3 is 14.7 Å². The smallest absolute Gasteiger partial charge is 0.329 e. The summed E-state index contributed by atoms with van der Waals surface area (Å²) in [5.74, 6) is -1.21. The normalized spacial score (nSPS) is 21.9. The van der Waals surface area contributed by atoms with Gasteiger partial charge in [0.15, 0.2) is 0 Å². The number of amides is 1. The summed E-state index contributed by atoms with van der Waals surface area (Å²) < 4.78 is 5.38. The second-order valence-corrected chi connectivity index (χ2v) is 5.21. The second-order valence-electron chi connectivity index (χ2n) is 5.21. The van der Waals surface area contributed by atoms with Crippen molar-refractivity contribution in [3.8, 4) is 0 Å². The Morgan fingerprint density at radius 2 is 2.05 bits per heavy atom. The molecule has 0 aromatic heterocycles. The molecule has 1 aromatic carbocycles. The molecular weight excluding hydrogens is 258 g/mol. The van der Waals surface area contributed by atoms with Crippen molar-refractivity contribution in [3.63, 3.8) is 0 Å². The molecule has 1 aliphatic rings. The van der Waals surface area contributed by atoms with Gasteiger partial charge in [0.25, 0.3) is 0 Å². The first kappa shape index (κ1) is 14.5. The zero-order valence-corrected chi connectivity index (χ0v) is 11.5. The monoisotopic (exact) mass is 277 g/mol. The highest BCUT2D eigenvalue weighted by Crippen LogP contribution is 2.29. The summed E-state index contributed by atoms with van der Waals surface area (Å²) in [4.78, 5) is 24.8. The number of hydrogen-bond acceptors (Lipinski definition) is 3. The molecule has 1 heterocycles. The zero-order valence-electron chi connectivity index (χ0n) is 11.5. The molecule has 0 radical (unpaired) electrons. The van der Waals surface area contributed by atoms with Gasteiger partial charge in [0.1, 0.15) is 12.1 Å². The molecule has 0 spiro atoms. The van der Waals surface area contributed by atoms with Crippen LogP contribution in [0.1, 0.15) is 25.3 Å². The maximum atomic E-state index is 12.1. The van der Waals surface area contributed by atoms with Crippen molar-refractivity contribution in [1.29, 1.82) is 0 Å². The van der Waals surface area contributed by atoms with Crippen LogP contribution in [0.2, 0.25) is 0 Å². The summed E-state index contributed by atoms with van der Waals surface area (Å²) in [5, 5.41) is 9.26. The van der Waals surface area contributed by atoms with Crippen LogP contribution in [-0.2, 0) is 20.9 Å². The van der Waals surface area contributed by atoms with E-state index in [-0.39, 0.29) is 12.5 Å². The Kier molecular flexibility index (Phi) is 4.39. The minimum absolute atomic E-state index is 0.0856. The summed E-state index contributed by atoms with van der Waals surface area (Å²) in [6.45, 7) is 2.34. The van der Waals surface area contributed by atoms with Gasteiger partial charge in [0, 0.05) is 6.54 Å². The largest absolute Gasteiger partial charge is 0.480 e. The number of likely N-dealkylation sites (tertiary alicyclic amines) is 1. The minimum Gasteiger partial charge on any atom is -0.480 e. The van der Waals surface area contributed by atoms with Gasteiger partial charge >= 0.3 is 5.97 Å². The van der Waals surface area contributed by atoms with Crippen LogP contribution in [0.3, 0.4) is 0 Å². The lowest BCUT2D eigenvalue weighted by atomic mass is 9.99. The molecule has 1 unspecified atom stereocenters. The van der Waals surface area contributed by atoms with Crippen LogP contribution in [0.25, 0.3) is 0 Å². The number of carbonyl (C=O) groups is 2. The molecule has 0 aliphatic carbocycles. The van der Waals surface area contributed by atoms with Gasteiger partial charge in [-0.2, -0.15) is 0 Å². The maximum absolute atomic E-state index is 12.1. The first-order chi connectivity index (χ1) is 9.54. The minimum atomic E-state index is -1.09. The van der Waals surface area contributed by atoms with Gasteiger partial charge in [-0.05, 0) is 25.3 Å². The average Bonchev–Trinajstić information content (AvgIpc) is 2.83. The van der Waals surface area contributed by atoms with E-state index in [4.69, 9.17) is 4.74 Å². The lowest BCUT2D eigenvalue weighted by Gasteiger charge is -2.31. The molecule has 1 aromatic rings. The summed E-state index contributed by atoms with van der Waals surface area (Å²) in [7, 11) is 0. The molecule has 108 valence electrons. The van der Waals surface area contributed by atoms with Crippen LogP contribution < -0.4 is 0 Å². The Labute approximate surface area is 118 Å². The van der Waals surface area contributed by atoms with E-state index in [0.29, 0.717) is 26.0 Å². The lowest BCUT2D eigenvalue weighted by Crippen LogP contribution is -2.51. The van der Waals surface area contributed by atoms with Crippen molar-refractivity contribution in [2.45, 2.75) is 31.9 Å². The van der Waals surface area contributed by atoms with Crippen LogP contribution in [-0.4, -0.2) is 40.6 Å². The predicted molar refractivity (Wildman–Crippen MR) is 73.1 cm³/mol. The van der Waals surface area contributed by atoms with Crippen molar-refractivity contribution in [2.75, 3.05) is 13.2 Å². The number of carboxylic acid groups (broad SMARTS) is 1. The van der Waals surface area contributed by atoms with E-state index >= 15 is 0 Å². The van der Waals surface area contributed by atoms with Crippen molar-refractivity contribution < 1.29 is 19.4 Å². The zero-order chi connectivity index (χ0) is 14.6. The van der Waals surface area contributed by atoms with E-state index < -0.39 is 11.5 Å². The second kappa shape index (κ2) is 6.05. The predicted octanol–water partition coefficient (Wildman–Crippen LogP) is 1.67. The summed E-state index contributed by atoms with van der Waals surface area (Å²) in [6.07, 6.45) is 1.21. The Morgan fingerprint density at radius 3 is 2.70 bits per heavy atom.